The first-order valence-corrected chi connectivity index (χ1v) is 7.85. The number of aryl methyl sites for hydroxylation is 2. The van der Waals surface area contributed by atoms with E-state index >= 15 is 0 Å². The number of amides is 1. The summed E-state index contributed by atoms with van der Waals surface area (Å²) in [5.74, 6) is -0.212. The predicted octanol–water partition coefficient (Wildman–Crippen LogP) is 2.60. The maximum Gasteiger partial charge on any atom is 0.267 e. The van der Waals surface area contributed by atoms with Crippen molar-refractivity contribution in [3.8, 4) is 10.6 Å². The van der Waals surface area contributed by atoms with Crippen LogP contribution >= 0.6 is 11.3 Å². The van der Waals surface area contributed by atoms with Gasteiger partial charge in [-0.3, -0.25) is 9.48 Å². The van der Waals surface area contributed by atoms with Gasteiger partial charge >= 0.3 is 0 Å². The summed E-state index contributed by atoms with van der Waals surface area (Å²) < 4.78 is 1.69. The van der Waals surface area contributed by atoms with Crippen molar-refractivity contribution in [1.82, 2.24) is 14.8 Å². The summed E-state index contributed by atoms with van der Waals surface area (Å²) >= 11 is 1.32. The summed E-state index contributed by atoms with van der Waals surface area (Å²) in [6, 6.07) is 5.48. The molecule has 0 radical (unpaired) electrons. The maximum atomic E-state index is 12.4. The van der Waals surface area contributed by atoms with E-state index in [0.717, 1.165) is 21.7 Å². The van der Waals surface area contributed by atoms with Crippen molar-refractivity contribution in [3.63, 3.8) is 0 Å². The fourth-order valence-electron chi connectivity index (χ4n) is 2.13. The highest BCUT2D eigenvalue weighted by Gasteiger charge is 2.14. The number of hydrogen-bond acceptors (Lipinski definition) is 5. The van der Waals surface area contributed by atoms with Crippen molar-refractivity contribution in [2.24, 2.45) is 7.05 Å². The molecule has 1 amide bonds. The lowest BCUT2D eigenvalue weighted by Crippen LogP contribution is -2.11. The second-order valence-electron chi connectivity index (χ2n) is 5.19. The highest BCUT2D eigenvalue weighted by atomic mass is 32.1. The molecule has 2 aromatic heterocycles. The normalized spacial score (nSPS) is 10.7. The number of rotatable bonds is 4. The van der Waals surface area contributed by atoms with Gasteiger partial charge in [0.05, 0.1) is 19.0 Å². The molecule has 0 spiro atoms. The topological polar surface area (TPSA) is 80.0 Å². The molecule has 7 heteroatoms. The monoisotopic (exact) mass is 328 g/mol. The molecule has 0 unspecified atom stereocenters. The van der Waals surface area contributed by atoms with Crippen molar-refractivity contribution >= 4 is 22.9 Å². The van der Waals surface area contributed by atoms with Gasteiger partial charge < -0.3 is 10.4 Å². The van der Waals surface area contributed by atoms with Crippen molar-refractivity contribution < 1.29 is 9.90 Å². The molecule has 23 heavy (non-hydrogen) atoms. The summed E-state index contributed by atoms with van der Waals surface area (Å²) in [5.41, 5.74) is 3.27. The Kier molecular flexibility index (Phi) is 4.22. The van der Waals surface area contributed by atoms with Crippen molar-refractivity contribution in [1.29, 1.82) is 0 Å². The van der Waals surface area contributed by atoms with E-state index in [0.29, 0.717) is 10.6 Å². The molecule has 3 rings (SSSR count). The fourth-order valence-corrected chi connectivity index (χ4v) is 2.92. The number of thiazole rings is 1. The van der Waals surface area contributed by atoms with E-state index in [1.807, 2.05) is 32.3 Å². The van der Waals surface area contributed by atoms with E-state index in [-0.39, 0.29) is 12.5 Å². The molecule has 0 saturated heterocycles. The lowest BCUT2D eigenvalue weighted by atomic mass is 10.1. The highest BCUT2D eigenvalue weighted by Crippen LogP contribution is 2.26. The fraction of sp³-hybridized carbons (Fsp3) is 0.188. The zero-order valence-corrected chi connectivity index (χ0v) is 13.6. The van der Waals surface area contributed by atoms with Crippen LogP contribution in [0.1, 0.15) is 20.8 Å². The number of anilines is 1. The number of nitrogens with one attached hydrogen (secondary N) is 1. The highest BCUT2D eigenvalue weighted by molar-refractivity contribution is 7.17. The van der Waals surface area contributed by atoms with Gasteiger partial charge in [-0.15, -0.1) is 11.3 Å². The van der Waals surface area contributed by atoms with E-state index in [9.17, 15) is 9.90 Å². The molecule has 0 aliphatic rings. The van der Waals surface area contributed by atoms with Crippen LogP contribution in [0.4, 0.5) is 5.69 Å². The molecular weight excluding hydrogens is 312 g/mol. The van der Waals surface area contributed by atoms with E-state index in [4.69, 9.17) is 0 Å². The molecule has 2 N–H and O–H groups in total. The van der Waals surface area contributed by atoms with Crippen LogP contribution in [0.2, 0.25) is 0 Å². The maximum absolute atomic E-state index is 12.4. The van der Waals surface area contributed by atoms with Gasteiger partial charge in [-0.05, 0) is 24.1 Å². The second kappa shape index (κ2) is 6.31. The van der Waals surface area contributed by atoms with E-state index in [2.05, 4.69) is 15.4 Å². The van der Waals surface area contributed by atoms with Gasteiger partial charge in [-0.1, -0.05) is 12.1 Å². The molecule has 1 aromatic carbocycles. The van der Waals surface area contributed by atoms with Crippen LogP contribution in [0.3, 0.4) is 0 Å². The lowest BCUT2D eigenvalue weighted by Gasteiger charge is -2.08. The summed E-state index contributed by atoms with van der Waals surface area (Å²) in [4.78, 5) is 17.2. The largest absolute Gasteiger partial charge is 0.392 e. The molecular formula is C16H16N4O2S. The van der Waals surface area contributed by atoms with E-state index in [1.54, 1.807) is 23.1 Å². The minimum Gasteiger partial charge on any atom is -0.392 e. The average Bonchev–Trinajstić information content (AvgIpc) is 3.18. The van der Waals surface area contributed by atoms with Gasteiger partial charge in [0.2, 0.25) is 0 Å². The molecule has 2 heterocycles. The summed E-state index contributed by atoms with van der Waals surface area (Å²) in [5, 5.41) is 16.9. The van der Waals surface area contributed by atoms with Gasteiger partial charge in [-0.25, -0.2) is 4.98 Å². The number of benzene rings is 1. The van der Waals surface area contributed by atoms with Crippen LogP contribution < -0.4 is 5.32 Å². The zero-order valence-electron chi connectivity index (χ0n) is 12.8. The Morgan fingerprint density at radius 3 is 2.91 bits per heavy atom. The molecule has 0 atom stereocenters. The van der Waals surface area contributed by atoms with Crippen LogP contribution in [-0.2, 0) is 13.7 Å². The number of aliphatic hydroxyl groups is 1. The first-order chi connectivity index (χ1) is 11.1. The number of aliphatic hydroxyl groups excluding tert-OH is 1. The van der Waals surface area contributed by atoms with Crippen LogP contribution in [0.25, 0.3) is 10.6 Å². The van der Waals surface area contributed by atoms with Crippen LogP contribution in [-0.4, -0.2) is 25.8 Å². The molecule has 6 nitrogen and oxygen atoms in total. The number of carbonyl (C=O) groups excluding carboxylic acids is 1. The minimum atomic E-state index is -0.212. The third-order valence-electron chi connectivity index (χ3n) is 3.41. The SMILES string of the molecule is Cc1ccc(CO)cc1NC(=O)c1cnc(-c2cnn(C)c2)s1. The molecule has 3 aromatic rings. The van der Waals surface area contributed by atoms with Crippen molar-refractivity contribution in [3.05, 3.63) is 52.8 Å². The Balaban J connectivity index is 1.80. The first kappa shape index (κ1) is 15.4. The van der Waals surface area contributed by atoms with E-state index < -0.39 is 0 Å². The average molecular weight is 328 g/mol. The zero-order chi connectivity index (χ0) is 16.4. The van der Waals surface area contributed by atoms with Crippen LogP contribution in [0, 0.1) is 6.92 Å². The van der Waals surface area contributed by atoms with Crippen molar-refractivity contribution in [2.45, 2.75) is 13.5 Å². The van der Waals surface area contributed by atoms with E-state index in [1.165, 1.54) is 11.3 Å². The van der Waals surface area contributed by atoms with Crippen LogP contribution in [0.5, 0.6) is 0 Å². The third kappa shape index (κ3) is 3.30. The Bertz CT molecular complexity index is 853. The molecule has 0 aliphatic carbocycles. The number of hydrogen-bond donors (Lipinski definition) is 2. The quantitative estimate of drug-likeness (QED) is 0.771. The molecule has 0 saturated carbocycles. The van der Waals surface area contributed by atoms with Crippen LogP contribution in [0.15, 0.2) is 36.8 Å². The Labute approximate surface area is 137 Å². The third-order valence-corrected chi connectivity index (χ3v) is 4.46. The molecule has 0 aliphatic heterocycles. The molecule has 0 fully saturated rings. The second-order valence-corrected chi connectivity index (χ2v) is 6.22. The van der Waals surface area contributed by atoms with Gasteiger partial charge in [0.15, 0.2) is 0 Å². The van der Waals surface area contributed by atoms with Gasteiger partial charge in [0, 0.05) is 24.5 Å². The molecule has 0 bridgehead atoms. The van der Waals surface area contributed by atoms with Gasteiger partial charge in [-0.2, -0.15) is 5.10 Å². The lowest BCUT2D eigenvalue weighted by molar-refractivity contribution is 0.103. The van der Waals surface area contributed by atoms with Gasteiger partial charge in [0.1, 0.15) is 9.88 Å². The standard InChI is InChI=1S/C16H16N4O2S/c1-10-3-4-11(9-21)5-13(10)19-15(22)14-7-17-16(23-14)12-6-18-20(2)8-12/h3-8,21H,9H2,1-2H3,(H,19,22). The van der Waals surface area contributed by atoms with Crippen molar-refractivity contribution in [2.75, 3.05) is 5.32 Å². The number of carbonyl (C=O) groups is 1. The molecule has 118 valence electrons. The Morgan fingerprint density at radius 1 is 1.39 bits per heavy atom. The Hall–Kier alpha value is -2.51. The minimum absolute atomic E-state index is 0.0607. The summed E-state index contributed by atoms with van der Waals surface area (Å²) in [6.07, 6.45) is 5.14. The summed E-state index contributed by atoms with van der Waals surface area (Å²) in [7, 11) is 1.83. The number of aromatic nitrogens is 3. The van der Waals surface area contributed by atoms with Gasteiger partial charge in [0.25, 0.3) is 5.91 Å². The number of nitrogens with zero attached hydrogens (tertiary/aromatic N) is 3. The first-order valence-electron chi connectivity index (χ1n) is 7.03. The predicted molar refractivity (Wildman–Crippen MR) is 89.4 cm³/mol. The summed E-state index contributed by atoms with van der Waals surface area (Å²) in [6.45, 7) is 1.85. The smallest absolute Gasteiger partial charge is 0.267 e. The Morgan fingerprint density at radius 2 is 2.22 bits per heavy atom.